The third-order valence-electron chi connectivity index (χ3n) is 7.02. The van der Waals surface area contributed by atoms with E-state index in [-0.39, 0.29) is 23.1 Å². The molecule has 1 saturated heterocycles. The molecule has 3 rings (SSSR count). The van der Waals surface area contributed by atoms with E-state index in [0.29, 0.717) is 32.4 Å². The molecule has 170 valence electrons. The number of carbonyl (C=O) groups is 1. The van der Waals surface area contributed by atoms with Crippen LogP contribution in [0.1, 0.15) is 65.2 Å². The Morgan fingerprint density at radius 2 is 1.97 bits per heavy atom. The fraction of sp³-hybridized carbons (Fsp3) is 0.783. The minimum Gasteiger partial charge on any atom is -0.389 e. The lowest BCUT2D eigenvalue weighted by Crippen LogP contribution is -2.57. The van der Waals surface area contributed by atoms with Crippen LogP contribution >= 0.6 is 23.2 Å². The molecule has 0 bridgehead atoms. The summed E-state index contributed by atoms with van der Waals surface area (Å²) in [5.41, 5.74) is 0.143. The number of nitrogens with zero attached hydrogens (tertiary/aromatic N) is 1. The monoisotopic (exact) mass is 458 g/mol. The van der Waals surface area contributed by atoms with Gasteiger partial charge in [0.05, 0.1) is 11.6 Å². The average Bonchev–Trinajstić information content (AvgIpc) is 2.72. The van der Waals surface area contributed by atoms with Gasteiger partial charge in [-0.05, 0) is 68.8 Å². The minimum absolute atomic E-state index is 0.00322. The van der Waals surface area contributed by atoms with Crippen molar-refractivity contribution in [1.82, 2.24) is 10.2 Å². The SMILES string of the molecule is CC(C)[C@@H](NC(O)C1=CCC[C@H](Cl)C1)C(=O)N1CCC(O)([C@H]2CC=C(Cl)CC2)CC1. The van der Waals surface area contributed by atoms with E-state index in [1.165, 1.54) is 0 Å². The van der Waals surface area contributed by atoms with E-state index in [1.807, 2.05) is 30.9 Å². The van der Waals surface area contributed by atoms with Crippen LogP contribution in [0.25, 0.3) is 0 Å². The summed E-state index contributed by atoms with van der Waals surface area (Å²) >= 11 is 12.3. The fourth-order valence-corrected chi connectivity index (χ4v) is 5.45. The zero-order valence-corrected chi connectivity index (χ0v) is 19.6. The number of aliphatic hydroxyl groups is 2. The van der Waals surface area contributed by atoms with Gasteiger partial charge in [0.1, 0.15) is 6.23 Å². The second-order valence-corrected chi connectivity index (χ2v) is 10.6. The Kier molecular flexibility index (Phi) is 8.30. The van der Waals surface area contributed by atoms with E-state index >= 15 is 0 Å². The van der Waals surface area contributed by atoms with Crippen LogP contribution < -0.4 is 5.32 Å². The van der Waals surface area contributed by atoms with Gasteiger partial charge in [-0.25, -0.2) is 0 Å². The Bertz CT molecular complexity index is 671. The Morgan fingerprint density at radius 3 is 2.53 bits per heavy atom. The molecule has 4 atom stereocenters. The molecule has 1 aliphatic heterocycles. The van der Waals surface area contributed by atoms with Crippen LogP contribution in [-0.2, 0) is 4.79 Å². The number of alkyl halides is 1. The van der Waals surface area contributed by atoms with E-state index in [1.54, 1.807) is 0 Å². The molecule has 1 fully saturated rings. The zero-order chi connectivity index (χ0) is 21.9. The van der Waals surface area contributed by atoms with E-state index in [2.05, 4.69) is 5.32 Å². The van der Waals surface area contributed by atoms with Gasteiger partial charge in [0.25, 0.3) is 0 Å². The van der Waals surface area contributed by atoms with Gasteiger partial charge in [-0.1, -0.05) is 37.6 Å². The largest absolute Gasteiger partial charge is 0.389 e. The van der Waals surface area contributed by atoms with Crippen molar-refractivity contribution < 1.29 is 15.0 Å². The summed E-state index contributed by atoms with van der Waals surface area (Å²) in [7, 11) is 0. The summed E-state index contributed by atoms with van der Waals surface area (Å²) in [4.78, 5) is 15.1. The Hall–Kier alpha value is -0.590. The van der Waals surface area contributed by atoms with Crippen molar-refractivity contribution in [3.63, 3.8) is 0 Å². The minimum atomic E-state index is -0.858. The number of nitrogens with one attached hydrogen (secondary N) is 1. The van der Waals surface area contributed by atoms with Gasteiger partial charge in [0, 0.05) is 23.5 Å². The predicted molar refractivity (Wildman–Crippen MR) is 121 cm³/mol. The van der Waals surface area contributed by atoms with Crippen molar-refractivity contribution in [1.29, 1.82) is 0 Å². The molecule has 7 heteroatoms. The topological polar surface area (TPSA) is 72.8 Å². The maximum Gasteiger partial charge on any atom is 0.240 e. The molecule has 2 aliphatic carbocycles. The highest BCUT2D eigenvalue weighted by Gasteiger charge is 2.42. The van der Waals surface area contributed by atoms with Crippen molar-refractivity contribution in [3.8, 4) is 0 Å². The van der Waals surface area contributed by atoms with Crippen molar-refractivity contribution in [3.05, 3.63) is 22.8 Å². The Labute approximate surface area is 190 Å². The first-order valence-corrected chi connectivity index (χ1v) is 12.1. The zero-order valence-electron chi connectivity index (χ0n) is 18.1. The summed E-state index contributed by atoms with van der Waals surface area (Å²) in [6.45, 7) is 5.05. The molecule has 3 aliphatic rings. The Morgan fingerprint density at radius 1 is 1.27 bits per heavy atom. The molecular weight excluding hydrogens is 423 g/mol. The highest BCUT2D eigenvalue weighted by atomic mass is 35.5. The molecule has 1 amide bonds. The van der Waals surface area contributed by atoms with Gasteiger partial charge in [-0.2, -0.15) is 0 Å². The number of carbonyl (C=O) groups excluding carboxylic acids is 1. The number of allylic oxidation sites excluding steroid dienone is 3. The summed E-state index contributed by atoms with van der Waals surface area (Å²) in [6, 6.07) is -0.473. The average molecular weight is 459 g/mol. The molecule has 3 N–H and O–H groups in total. The van der Waals surface area contributed by atoms with Crippen molar-refractivity contribution >= 4 is 29.1 Å². The van der Waals surface area contributed by atoms with Gasteiger partial charge in [-0.15, -0.1) is 11.6 Å². The number of amides is 1. The van der Waals surface area contributed by atoms with Crippen LogP contribution in [0.5, 0.6) is 0 Å². The summed E-state index contributed by atoms with van der Waals surface area (Å²) in [5.74, 6) is 0.242. The first-order chi connectivity index (χ1) is 14.2. The molecule has 1 heterocycles. The number of aliphatic hydroxyl groups excluding tert-OH is 1. The summed E-state index contributed by atoms with van der Waals surface area (Å²) < 4.78 is 0. The van der Waals surface area contributed by atoms with Crippen LogP contribution in [-0.4, -0.2) is 57.4 Å². The molecule has 0 aromatic carbocycles. The van der Waals surface area contributed by atoms with Gasteiger partial charge >= 0.3 is 0 Å². The van der Waals surface area contributed by atoms with Gasteiger partial charge in [-0.3, -0.25) is 10.1 Å². The molecule has 5 nitrogen and oxygen atoms in total. The number of rotatable bonds is 6. The normalized spacial score (nSPS) is 29.2. The fourth-order valence-electron chi connectivity index (χ4n) is 4.95. The molecule has 0 aromatic rings. The highest BCUT2D eigenvalue weighted by molar-refractivity contribution is 6.29. The summed E-state index contributed by atoms with van der Waals surface area (Å²) in [5, 5.41) is 25.9. The van der Waals surface area contributed by atoms with Crippen LogP contribution in [0.4, 0.5) is 0 Å². The van der Waals surface area contributed by atoms with Crippen molar-refractivity contribution in [2.24, 2.45) is 11.8 Å². The van der Waals surface area contributed by atoms with Crippen molar-refractivity contribution in [2.75, 3.05) is 13.1 Å². The van der Waals surface area contributed by atoms with E-state index in [4.69, 9.17) is 23.2 Å². The van der Waals surface area contributed by atoms with Gasteiger partial charge in [0.2, 0.25) is 5.91 Å². The van der Waals surface area contributed by atoms with E-state index < -0.39 is 17.9 Å². The molecule has 0 saturated carbocycles. The van der Waals surface area contributed by atoms with E-state index in [9.17, 15) is 15.0 Å². The lowest BCUT2D eigenvalue weighted by Gasteiger charge is -2.45. The van der Waals surface area contributed by atoms with Gasteiger partial charge in [0.15, 0.2) is 0 Å². The smallest absolute Gasteiger partial charge is 0.240 e. The number of hydrogen-bond donors (Lipinski definition) is 3. The number of hydrogen-bond acceptors (Lipinski definition) is 4. The van der Waals surface area contributed by atoms with Crippen LogP contribution in [0.2, 0.25) is 0 Å². The Balaban J connectivity index is 1.58. The molecular formula is C23H36Cl2N2O3. The highest BCUT2D eigenvalue weighted by Crippen LogP contribution is 2.39. The first kappa shape index (κ1) is 24.1. The molecule has 0 spiro atoms. The maximum absolute atomic E-state index is 13.3. The van der Waals surface area contributed by atoms with E-state index in [0.717, 1.165) is 42.7 Å². The molecule has 0 radical (unpaired) electrons. The van der Waals surface area contributed by atoms with Crippen LogP contribution in [0.15, 0.2) is 22.8 Å². The third kappa shape index (κ3) is 5.80. The maximum atomic E-state index is 13.3. The lowest BCUT2D eigenvalue weighted by atomic mass is 9.74. The molecule has 0 aromatic heterocycles. The summed E-state index contributed by atoms with van der Waals surface area (Å²) in [6.07, 6.45) is 9.32. The third-order valence-corrected chi connectivity index (χ3v) is 7.74. The second kappa shape index (κ2) is 10.4. The lowest BCUT2D eigenvalue weighted by molar-refractivity contribution is -0.142. The first-order valence-electron chi connectivity index (χ1n) is 11.3. The number of piperidine rings is 1. The quantitative estimate of drug-likeness (QED) is 0.320. The molecule has 30 heavy (non-hydrogen) atoms. The van der Waals surface area contributed by atoms with Gasteiger partial charge < -0.3 is 15.1 Å². The van der Waals surface area contributed by atoms with Crippen LogP contribution in [0.3, 0.4) is 0 Å². The number of halogens is 2. The van der Waals surface area contributed by atoms with Crippen LogP contribution in [0, 0.1) is 11.8 Å². The number of likely N-dealkylation sites (tertiary alicyclic amines) is 1. The van der Waals surface area contributed by atoms with Crippen molar-refractivity contribution in [2.45, 2.75) is 88.5 Å². The second-order valence-electron chi connectivity index (χ2n) is 9.50. The molecule has 1 unspecified atom stereocenters. The standard InChI is InChI=1S/C23H36Cl2N2O3/c1-15(2)20(26-21(28)16-4-3-5-19(25)14-16)22(29)27-12-10-23(30,11-13-27)17-6-8-18(24)9-7-17/h4,8,15,17,19-21,26,28,30H,3,5-7,9-14H2,1-2H3/t17-,19-,20+,21?/m0/s1. The predicted octanol–water partition coefficient (Wildman–Crippen LogP) is 3.91.